The van der Waals surface area contributed by atoms with Gasteiger partial charge in [-0.25, -0.2) is 9.59 Å². The SMILES string of the molecule is Clc1ccc(SCCOCCNCc2ccccc2)cc1.O=C(O)C(=O)O. The predicted octanol–water partition coefficient (Wildman–Crippen LogP) is 3.39. The molecule has 0 saturated carbocycles. The molecule has 0 aliphatic rings. The standard InChI is InChI=1S/C17H20ClNOS.C2H2O4/c18-16-6-8-17(9-7-16)21-13-12-20-11-10-19-14-15-4-2-1-3-5-15;3-1(4)2(5)6/h1-9,19H,10-14H2;(H,3,4)(H,5,6). The fraction of sp³-hybridized carbons (Fsp3) is 0.263. The van der Waals surface area contributed by atoms with Crippen LogP contribution in [0.3, 0.4) is 0 Å². The second-order valence-corrected chi connectivity index (χ2v) is 6.79. The van der Waals surface area contributed by atoms with E-state index in [9.17, 15) is 0 Å². The van der Waals surface area contributed by atoms with E-state index in [1.165, 1.54) is 10.5 Å². The zero-order valence-electron chi connectivity index (χ0n) is 14.6. The van der Waals surface area contributed by atoms with Crippen LogP contribution in [0.15, 0.2) is 59.5 Å². The summed E-state index contributed by atoms with van der Waals surface area (Å²) in [7, 11) is 0. The molecule has 0 radical (unpaired) electrons. The van der Waals surface area contributed by atoms with Crippen molar-refractivity contribution in [2.75, 3.05) is 25.5 Å². The van der Waals surface area contributed by atoms with Gasteiger partial charge in [-0.3, -0.25) is 0 Å². The number of benzene rings is 2. The molecular weight excluding hydrogens is 390 g/mol. The largest absolute Gasteiger partial charge is 0.473 e. The normalized spacial score (nSPS) is 9.96. The quantitative estimate of drug-likeness (QED) is 0.330. The number of rotatable bonds is 9. The number of carboxylic acid groups (broad SMARTS) is 2. The number of hydrogen-bond acceptors (Lipinski definition) is 5. The van der Waals surface area contributed by atoms with Gasteiger partial charge in [0.25, 0.3) is 0 Å². The summed E-state index contributed by atoms with van der Waals surface area (Å²) in [6.07, 6.45) is 0. The van der Waals surface area contributed by atoms with Gasteiger partial charge in [0.2, 0.25) is 0 Å². The molecule has 0 spiro atoms. The molecule has 0 heterocycles. The molecule has 3 N–H and O–H groups in total. The zero-order chi connectivity index (χ0) is 19.9. The first-order chi connectivity index (χ1) is 13.0. The third kappa shape index (κ3) is 12.0. The van der Waals surface area contributed by atoms with Gasteiger partial charge >= 0.3 is 11.9 Å². The molecule has 0 saturated heterocycles. The molecule has 0 aromatic heterocycles. The first-order valence-corrected chi connectivity index (χ1v) is 9.52. The van der Waals surface area contributed by atoms with Gasteiger partial charge in [0.1, 0.15) is 0 Å². The van der Waals surface area contributed by atoms with E-state index in [1.807, 2.05) is 30.3 Å². The highest BCUT2D eigenvalue weighted by molar-refractivity contribution is 7.99. The Kier molecular flexibility index (Phi) is 12.0. The highest BCUT2D eigenvalue weighted by Gasteiger charge is 2.04. The Morgan fingerprint density at radius 3 is 2.19 bits per heavy atom. The Morgan fingerprint density at radius 1 is 0.963 bits per heavy atom. The number of nitrogens with one attached hydrogen (secondary N) is 1. The van der Waals surface area contributed by atoms with E-state index in [1.54, 1.807) is 11.8 Å². The molecule has 0 bridgehead atoms. The van der Waals surface area contributed by atoms with Gasteiger partial charge in [0.15, 0.2) is 0 Å². The Hall–Kier alpha value is -2.06. The monoisotopic (exact) mass is 411 g/mol. The van der Waals surface area contributed by atoms with Crippen molar-refractivity contribution in [3.05, 3.63) is 65.2 Å². The molecule has 146 valence electrons. The maximum Gasteiger partial charge on any atom is 0.414 e. The van der Waals surface area contributed by atoms with E-state index in [0.717, 1.165) is 37.1 Å². The van der Waals surface area contributed by atoms with E-state index >= 15 is 0 Å². The number of halogens is 1. The molecule has 2 aromatic carbocycles. The molecule has 6 nitrogen and oxygen atoms in total. The summed E-state index contributed by atoms with van der Waals surface area (Å²) in [6, 6.07) is 18.3. The average Bonchev–Trinajstić information content (AvgIpc) is 2.66. The summed E-state index contributed by atoms with van der Waals surface area (Å²) in [4.78, 5) is 19.4. The van der Waals surface area contributed by atoms with E-state index < -0.39 is 11.9 Å². The van der Waals surface area contributed by atoms with Crippen molar-refractivity contribution in [1.82, 2.24) is 5.32 Å². The maximum atomic E-state index is 9.10. The lowest BCUT2D eigenvalue weighted by Gasteiger charge is -2.06. The molecule has 8 heteroatoms. The smallest absolute Gasteiger partial charge is 0.414 e. The Balaban J connectivity index is 0.000000527. The van der Waals surface area contributed by atoms with Crippen LogP contribution in [-0.4, -0.2) is 47.7 Å². The zero-order valence-corrected chi connectivity index (χ0v) is 16.2. The second kappa shape index (κ2) is 14.1. The fourth-order valence-corrected chi connectivity index (χ4v) is 2.72. The van der Waals surface area contributed by atoms with Crippen LogP contribution in [0.4, 0.5) is 0 Å². The van der Waals surface area contributed by atoms with E-state index in [2.05, 4.69) is 29.6 Å². The molecule has 0 unspecified atom stereocenters. The number of hydrogen-bond donors (Lipinski definition) is 3. The lowest BCUT2D eigenvalue weighted by atomic mass is 10.2. The maximum absolute atomic E-state index is 9.10. The molecule has 27 heavy (non-hydrogen) atoms. The molecule has 0 fully saturated rings. The molecule has 2 rings (SSSR count). The first kappa shape index (κ1) is 23.0. The van der Waals surface area contributed by atoms with Crippen molar-refractivity contribution >= 4 is 35.3 Å². The Labute approximate surface area is 167 Å². The molecule has 0 atom stereocenters. The minimum atomic E-state index is -1.82. The van der Waals surface area contributed by atoms with E-state index in [-0.39, 0.29) is 0 Å². The first-order valence-electron chi connectivity index (χ1n) is 8.16. The number of carbonyl (C=O) groups is 2. The van der Waals surface area contributed by atoms with Crippen LogP contribution in [0.1, 0.15) is 5.56 Å². The molecule has 0 amide bonds. The van der Waals surface area contributed by atoms with Crippen LogP contribution < -0.4 is 5.32 Å². The fourth-order valence-electron chi connectivity index (χ4n) is 1.82. The van der Waals surface area contributed by atoms with Crippen molar-refractivity contribution in [1.29, 1.82) is 0 Å². The molecule has 0 aliphatic carbocycles. The van der Waals surface area contributed by atoms with Gasteiger partial charge in [0, 0.05) is 28.8 Å². The van der Waals surface area contributed by atoms with Crippen LogP contribution in [0.2, 0.25) is 5.02 Å². The van der Waals surface area contributed by atoms with Crippen LogP contribution in [-0.2, 0) is 20.9 Å². The van der Waals surface area contributed by atoms with Gasteiger partial charge < -0.3 is 20.3 Å². The Bertz CT molecular complexity index is 670. The lowest BCUT2D eigenvalue weighted by Crippen LogP contribution is -2.19. The average molecular weight is 412 g/mol. The van der Waals surface area contributed by atoms with Gasteiger partial charge in [-0.05, 0) is 29.8 Å². The molecule has 2 aromatic rings. The molecule has 0 aliphatic heterocycles. The number of thioether (sulfide) groups is 1. The van der Waals surface area contributed by atoms with Crippen molar-refractivity contribution in [2.24, 2.45) is 0 Å². The highest BCUT2D eigenvalue weighted by Crippen LogP contribution is 2.19. The van der Waals surface area contributed by atoms with E-state index in [4.69, 9.17) is 36.1 Å². The lowest BCUT2D eigenvalue weighted by molar-refractivity contribution is -0.159. The topological polar surface area (TPSA) is 95.9 Å². The minimum Gasteiger partial charge on any atom is -0.473 e. The third-order valence-corrected chi connectivity index (χ3v) is 4.32. The summed E-state index contributed by atoms with van der Waals surface area (Å²) in [5.74, 6) is -2.69. The van der Waals surface area contributed by atoms with Gasteiger partial charge in [-0.2, -0.15) is 0 Å². The summed E-state index contributed by atoms with van der Waals surface area (Å²) in [6.45, 7) is 3.28. The summed E-state index contributed by atoms with van der Waals surface area (Å²) >= 11 is 7.63. The number of aliphatic carboxylic acids is 2. The van der Waals surface area contributed by atoms with Crippen LogP contribution in [0.25, 0.3) is 0 Å². The summed E-state index contributed by atoms with van der Waals surface area (Å²) in [5.41, 5.74) is 1.30. The third-order valence-electron chi connectivity index (χ3n) is 3.09. The van der Waals surface area contributed by atoms with Crippen molar-refractivity contribution in [3.8, 4) is 0 Å². The Morgan fingerprint density at radius 2 is 1.59 bits per heavy atom. The summed E-state index contributed by atoms with van der Waals surface area (Å²) in [5, 5.41) is 18.9. The van der Waals surface area contributed by atoms with Gasteiger partial charge in [-0.1, -0.05) is 41.9 Å². The van der Waals surface area contributed by atoms with E-state index in [0.29, 0.717) is 0 Å². The number of ether oxygens (including phenoxy) is 1. The number of carboxylic acids is 2. The second-order valence-electron chi connectivity index (χ2n) is 5.19. The van der Waals surface area contributed by atoms with Crippen LogP contribution in [0, 0.1) is 0 Å². The summed E-state index contributed by atoms with van der Waals surface area (Å²) < 4.78 is 5.61. The van der Waals surface area contributed by atoms with Crippen molar-refractivity contribution in [2.45, 2.75) is 11.4 Å². The minimum absolute atomic E-state index is 0.744. The van der Waals surface area contributed by atoms with Crippen molar-refractivity contribution in [3.63, 3.8) is 0 Å². The van der Waals surface area contributed by atoms with Crippen LogP contribution in [0.5, 0.6) is 0 Å². The van der Waals surface area contributed by atoms with Crippen molar-refractivity contribution < 1.29 is 24.5 Å². The van der Waals surface area contributed by atoms with Gasteiger partial charge in [-0.15, -0.1) is 11.8 Å². The van der Waals surface area contributed by atoms with Gasteiger partial charge in [0.05, 0.1) is 13.2 Å². The molecular formula is C19H22ClNO5S. The van der Waals surface area contributed by atoms with Crippen LogP contribution >= 0.6 is 23.4 Å². The predicted molar refractivity (Wildman–Crippen MR) is 106 cm³/mol. The highest BCUT2D eigenvalue weighted by atomic mass is 35.5.